The highest BCUT2D eigenvalue weighted by Crippen LogP contribution is 2.05. The van der Waals surface area contributed by atoms with Crippen LogP contribution in [0.3, 0.4) is 0 Å². The van der Waals surface area contributed by atoms with Crippen LogP contribution in [-0.2, 0) is 0 Å². The molecule has 0 atom stereocenters. The van der Waals surface area contributed by atoms with Crippen LogP contribution < -0.4 is 0 Å². The summed E-state index contributed by atoms with van der Waals surface area (Å²) >= 11 is 0. The smallest absolute Gasteiger partial charge is 0.0172 e. The van der Waals surface area contributed by atoms with Gasteiger partial charge in [0.15, 0.2) is 0 Å². The van der Waals surface area contributed by atoms with Gasteiger partial charge in [-0.25, -0.2) is 0 Å². The maximum atomic E-state index is 3.99. The Labute approximate surface area is 64.7 Å². The predicted octanol–water partition coefficient (Wildman–Crippen LogP) is 2.64. The fourth-order valence-electron chi connectivity index (χ4n) is 1.03. The first-order chi connectivity index (χ1) is 4.76. The molecule has 0 aliphatic rings. The second kappa shape index (κ2) is 5.33. The maximum Gasteiger partial charge on any atom is 0.0172 e. The quantitative estimate of drug-likeness (QED) is 0.569. The summed E-state index contributed by atoms with van der Waals surface area (Å²) in [6, 6.07) is 0. The van der Waals surface area contributed by atoms with Crippen LogP contribution in [0.2, 0.25) is 0 Å². The minimum atomic E-state index is 1.08. The lowest BCUT2D eigenvalue weighted by atomic mass is 10.3. The number of nitrogens with zero attached hydrogens (tertiary/aromatic N) is 1. The van der Waals surface area contributed by atoms with Gasteiger partial charge in [0.2, 0.25) is 0 Å². The number of allylic oxidation sites excluding steroid dienone is 1. The van der Waals surface area contributed by atoms with E-state index >= 15 is 0 Å². The Morgan fingerprint density at radius 3 is 2.20 bits per heavy atom. The van der Waals surface area contributed by atoms with Crippen LogP contribution in [-0.4, -0.2) is 18.0 Å². The van der Waals surface area contributed by atoms with Gasteiger partial charge in [-0.3, -0.25) is 0 Å². The number of rotatable bonds is 5. The van der Waals surface area contributed by atoms with Crippen molar-refractivity contribution in [2.24, 2.45) is 0 Å². The van der Waals surface area contributed by atoms with Crippen molar-refractivity contribution in [3.05, 3.63) is 12.3 Å². The van der Waals surface area contributed by atoms with Crippen LogP contribution in [0.25, 0.3) is 0 Å². The van der Waals surface area contributed by atoms with Crippen LogP contribution in [0.15, 0.2) is 12.3 Å². The Morgan fingerprint density at radius 2 is 1.90 bits per heavy atom. The van der Waals surface area contributed by atoms with Gasteiger partial charge >= 0.3 is 0 Å². The van der Waals surface area contributed by atoms with E-state index in [9.17, 15) is 0 Å². The molecule has 0 saturated heterocycles. The second-order valence-electron chi connectivity index (χ2n) is 2.50. The molecule has 10 heavy (non-hydrogen) atoms. The van der Waals surface area contributed by atoms with Crippen molar-refractivity contribution in [3.8, 4) is 0 Å². The average Bonchev–Trinajstić information content (AvgIpc) is 1.99. The van der Waals surface area contributed by atoms with E-state index in [2.05, 4.69) is 32.3 Å². The van der Waals surface area contributed by atoms with Crippen molar-refractivity contribution in [1.29, 1.82) is 0 Å². The maximum absolute atomic E-state index is 3.99. The number of hydrogen-bond acceptors (Lipinski definition) is 1. The molecule has 0 aliphatic heterocycles. The summed E-state index contributed by atoms with van der Waals surface area (Å²) < 4.78 is 0. The molecule has 0 aromatic carbocycles. The largest absolute Gasteiger partial charge is 0.376 e. The number of hydrogen-bond donors (Lipinski definition) is 0. The van der Waals surface area contributed by atoms with E-state index in [1.54, 1.807) is 0 Å². The second-order valence-corrected chi connectivity index (χ2v) is 2.50. The van der Waals surface area contributed by atoms with E-state index in [0.29, 0.717) is 0 Å². The standard InChI is InChI=1S/C9H19N/c1-5-8-10(7-3)9(4)6-2/h4-8H2,1-3H3. The lowest BCUT2D eigenvalue weighted by molar-refractivity contribution is 0.354. The van der Waals surface area contributed by atoms with Gasteiger partial charge in [-0.2, -0.15) is 0 Å². The third kappa shape index (κ3) is 2.90. The molecule has 0 unspecified atom stereocenters. The Kier molecular flexibility index (Phi) is 5.09. The van der Waals surface area contributed by atoms with E-state index in [4.69, 9.17) is 0 Å². The van der Waals surface area contributed by atoms with E-state index in [1.807, 2.05) is 0 Å². The highest BCUT2D eigenvalue weighted by atomic mass is 15.1. The molecule has 1 heteroatoms. The van der Waals surface area contributed by atoms with Gasteiger partial charge in [0.25, 0.3) is 0 Å². The highest BCUT2D eigenvalue weighted by molar-refractivity contribution is 4.91. The lowest BCUT2D eigenvalue weighted by Gasteiger charge is -2.23. The molecule has 1 nitrogen and oxygen atoms in total. The van der Waals surface area contributed by atoms with Crippen LogP contribution >= 0.6 is 0 Å². The van der Waals surface area contributed by atoms with Crippen molar-refractivity contribution in [3.63, 3.8) is 0 Å². The first kappa shape index (κ1) is 9.54. The highest BCUT2D eigenvalue weighted by Gasteiger charge is 1.99. The molecule has 0 aromatic rings. The summed E-state index contributed by atoms with van der Waals surface area (Å²) in [6.07, 6.45) is 2.29. The summed E-state index contributed by atoms with van der Waals surface area (Å²) in [5, 5.41) is 0. The molecule has 0 aliphatic carbocycles. The minimum absolute atomic E-state index is 1.08. The topological polar surface area (TPSA) is 3.24 Å². The summed E-state index contributed by atoms with van der Waals surface area (Å²) in [6.45, 7) is 12.8. The first-order valence-electron chi connectivity index (χ1n) is 4.18. The molecule has 0 N–H and O–H groups in total. The van der Waals surface area contributed by atoms with Gasteiger partial charge in [0.05, 0.1) is 0 Å². The zero-order valence-electron chi connectivity index (χ0n) is 7.48. The van der Waals surface area contributed by atoms with E-state index in [1.165, 1.54) is 12.1 Å². The first-order valence-corrected chi connectivity index (χ1v) is 4.18. The molecule has 0 fully saturated rings. The van der Waals surface area contributed by atoms with Crippen LogP contribution in [0, 0.1) is 0 Å². The zero-order chi connectivity index (χ0) is 7.98. The van der Waals surface area contributed by atoms with Gasteiger partial charge in [-0.05, 0) is 19.8 Å². The van der Waals surface area contributed by atoms with Crippen molar-refractivity contribution in [1.82, 2.24) is 4.90 Å². The Balaban J connectivity index is 3.68. The van der Waals surface area contributed by atoms with Gasteiger partial charge in [-0.1, -0.05) is 20.4 Å². The molecular weight excluding hydrogens is 122 g/mol. The molecule has 60 valence electrons. The van der Waals surface area contributed by atoms with Gasteiger partial charge in [0, 0.05) is 18.8 Å². The van der Waals surface area contributed by atoms with Crippen molar-refractivity contribution in [2.45, 2.75) is 33.6 Å². The fourth-order valence-corrected chi connectivity index (χ4v) is 1.03. The molecule has 0 saturated carbocycles. The molecule has 0 bridgehead atoms. The van der Waals surface area contributed by atoms with E-state index in [0.717, 1.165) is 19.5 Å². The average molecular weight is 141 g/mol. The van der Waals surface area contributed by atoms with E-state index < -0.39 is 0 Å². The van der Waals surface area contributed by atoms with E-state index in [-0.39, 0.29) is 0 Å². The normalized spacial score (nSPS) is 9.50. The Morgan fingerprint density at radius 1 is 1.30 bits per heavy atom. The SMILES string of the molecule is C=C(CC)N(CC)CCC. The third-order valence-electron chi connectivity index (χ3n) is 1.73. The summed E-state index contributed by atoms with van der Waals surface area (Å²) in [5.74, 6) is 0. The molecule has 0 heterocycles. The Hall–Kier alpha value is -0.460. The van der Waals surface area contributed by atoms with Crippen LogP contribution in [0.1, 0.15) is 33.6 Å². The predicted molar refractivity (Wildman–Crippen MR) is 47.0 cm³/mol. The lowest BCUT2D eigenvalue weighted by Crippen LogP contribution is -2.22. The summed E-state index contributed by atoms with van der Waals surface area (Å²) in [5.41, 5.74) is 1.27. The Bertz CT molecular complexity index is 96.9. The molecule has 0 rings (SSSR count). The van der Waals surface area contributed by atoms with Crippen molar-refractivity contribution in [2.75, 3.05) is 13.1 Å². The molecule has 0 radical (unpaired) electrons. The minimum Gasteiger partial charge on any atom is -0.376 e. The molecule has 0 aromatic heterocycles. The van der Waals surface area contributed by atoms with Gasteiger partial charge < -0.3 is 4.90 Å². The molecule has 0 spiro atoms. The molecular formula is C9H19N. The monoisotopic (exact) mass is 141 g/mol. The van der Waals surface area contributed by atoms with Gasteiger partial charge in [0.1, 0.15) is 0 Å². The third-order valence-corrected chi connectivity index (χ3v) is 1.73. The van der Waals surface area contributed by atoms with Gasteiger partial charge in [-0.15, -0.1) is 0 Å². The van der Waals surface area contributed by atoms with Crippen LogP contribution in [0.5, 0.6) is 0 Å². The fraction of sp³-hybridized carbons (Fsp3) is 0.778. The summed E-state index contributed by atoms with van der Waals surface area (Å²) in [7, 11) is 0. The van der Waals surface area contributed by atoms with Crippen molar-refractivity contribution >= 4 is 0 Å². The zero-order valence-corrected chi connectivity index (χ0v) is 7.48. The molecule has 0 amide bonds. The summed E-state index contributed by atoms with van der Waals surface area (Å²) in [4.78, 5) is 2.33. The van der Waals surface area contributed by atoms with Crippen LogP contribution in [0.4, 0.5) is 0 Å². The van der Waals surface area contributed by atoms with Crippen molar-refractivity contribution < 1.29 is 0 Å².